The second kappa shape index (κ2) is 3.76. The molecule has 0 unspecified atom stereocenters. The fourth-order valence-electron chi connectivity index (χ4n) is 1.29. The summed E-state index contributed by atoms with van der Waals surface area (Å²) in [6.07, 6.45) is 2.83. The van der Waals surface area contributed by atoms with Crippen LogP contribution >= 0.6 is 22.6 Å². The largest absolute Gasteiger partial charge is 0.465 e. The quantitative estimate of drug-likeness (QED) is 0.595. The Morgan fingerprint density at radius 3 is 3.07 bits per heavy atom. The Labute approximate surface area is 98.2 Å². The molecular weight excluding hydrogens is 314 g/mol. The summed E-state index contributed by atoms with van der Waals surface area (Å²) < 4.78 is 20.0. The number of rotatable bonds is 1. The summed E-state index contributed by atoms with van der Waals surface area (Å²) in [5.41, 5.74) is 0.521. The summed E-state index contributed by atoms with van der Waals surface area (Å²) in [5, 5.41) is 0. The maximum absolute atomic E-state index is 13.2. The third-order valence-electron chi connectivity index (χ3n) is 1.93. The van der Waals surface area contributed by atoms with Gasteiger partial charge in [0.25, 0.3) is 0 Å². The van der Waals surface area contributed by atoms with E-state index in [9.17, 15) is 9.18 Å². The third-order valence-corrected chi connectivity index (χ3v) is 2.73. The maximum Gasteiger partial charge on any atom is 0.341 e. The predicted molar refractivity (Wildman–Crippen MR) is 59.2 cm³/mol. The number of aromatic nitrogens is 2. The van der Waals surface area contributed by atoms with Crippen LogP contribution in [0, 0.1) is 9.52 Å². The third kappa shape index (κ3) is 1.69. The maximum atomic E-state index is 13.2. The van der Waals surface area contributed by atoms with Crippen molar-refractivity contribution in [2.24, 2.45) is 0 Å². The number of fused-ring (bicyclic) bond motifs is 1. The van der Waals surface area contributed by atoms with E-state index in [4.69, 9.17) is 0 Å². The van der Waals surface area contributed by atoms with Gasteiger partial charge < -0.3 is 4.74 Å². The van der Waals surface area contributed by atoms with Crippen molar-refractivity contribution in [3.05, 3.63) is 33.5 Å². The van der Waals surface area contributed by atoms with Gasteiger partial charge in [-0.25, -0.2) is 14.2 Å². The Morgan fingerprint density at radius 1 is 1.67 bits per heavy atom. The molecule has 0 saturated heterocycles. The average Bonchev–Trinajstić information content (AvgIpc) is 2.58. The van der Waals surface area contributed by atoms with Gasteiger partial charge in [-0.05, 0) is 28.7 Å². The number of halogens is 2. The molecule has 2 aromatic heterocycles. The molecule has 0 aromatic carbocycles. The fourth-order valence-corrected chi connectivity index (χ4v) is 1.79. The minimum atomic E-state index is -0.596. The zero-order valence-electron chi connectivity index (χ0n) is 7.70. The molecule has 0 atom stereocenters. The first kappa shape index (κ1) is 10.3. The fraction of sp³-hybridized carbons (Fsp3) is 0.111. The van der Waals surface area contributed by atoms with Gasteiger partial charge in [0.05, 0.1) is 13.3 Å². The first-order chi connectivity index (χ1) is 7.13. The van der Waals surface area contributed by atoms with Crippen LogP contribution in [0.15, 0.2) is 18.5 Å². The normalized spacial score (nSPS) is 10.6. The molecule has 0 aliphatic rings. The highest BCUT2D eigenvalue weighted by atomic mass is 127. The number of carbonyl (C=O) groups excluding carboxylic acids is 1. The van der Waals surface area contributed by atoms with E-state index in [1.807, 2.05) is 22.6 Å². The highest BCUT2D eigenvalue weighted by molar-refractivity contribution is 14.1. The average molecular weight is 320 g/mol. The summed E-state index contributed by atoms with van der Waals surface area (Å²) in [4.78, 5) is 15.4. The van der Waals surface area contributed by atoms with Crippen LogP contribution in [0.1, 0.15) is 10.4 Å². The topological polar surface area (TPSA) is 43.6 Å². The smallest absolute Gasteiger partial charge is 0.341 e. The van der Waals surface area contributed by atoms with Crippen LogP contribution in [-0.4, -0.2) is 22.5 Å². The first-order valence-electron chi connectivity index (χ1n) is 4.04. The van der Waals surface area contributed by atoms with E-state index in [0.29, 0.717) is 5.65 Å². The summed E-state index contributed by atoms with van der Waals surface area (Å²) in [6, 6.07) is 1.12. The van der Waals surface area contributed by atoms with Gasteiger partial charge in [-0.2, -0.15) is 0 Å². The van der Waals surface area contributed by atoms with Crippen LogP contribution in [0.2, 0.25) is 0 Å². The van der Waals surface area contributed by atoms with Gasteiger partial charge in [0.15, 0.2) is 5.65 Å². The number of pyridine rings is 1. The lowest BCUT2D eigenvalue weighted by molar-refractivity contribution is 0.0601. The second-order valence-corrected chi connectivity index (χ2v) is 3.94. The van der Waals surface area contributed by atoms with Crippen molar-refractivity contribution in [3.8, 4) is 0 Å². The number of imidazole rings is 1. The molecule has 0 bridgehead atoms. The van der Waals surface area contributed by atoms with Gasteiger partial charge in [-0.3, -0.25) is 4.40 Å². The van der Waals surface area contributed by atoms with Gasteiger partial charge in [-0.15, -0.1) is 0 Å². The standard InChI is InChI=1S/C9H6FIN2O2/c1-15-9(14)6-2-5(10)4-13-7(11)3-12-8(6)13/h2-4H,1H3. The van der Waals surface area contributed by atoms with E-state index in [-0.39, 0.29) is 5.56 Å². The van der Waals surface area contributed by atoms with E-state index >= 15 is 0 Å². The first-order valence-corrected chi connectivity index (χ1v) is 5.12. The minimum absolute atomic E-state index is 0.125. The summed E-state index contributed by atoms with van der Waals surface area (Å²) in [6.45, 7) is 0. The summed E-state index contributed by atoms with van der Waals surface area (Å²) >= 11 is 2.00. The Hall–Kier alpha value is -1.18. The molecule has 6 heteroatoms. The summed E-state index contributed by atoms with van der Waals surface area (Å²) in [7, 11) is 1.25. The lowest BCUT2D eigenvalue weighted by Crippen LogP contribution is -2.05. The zero-order valence-corrected chi connectivity index (χ0v) is 9.86. The van der Waals surface area contributed by atoms with Gasteiger partial charge in [0.2, 0.25) is 0 Å². The SMILES string of the molecule is COC(=O)c1cc(F)cn2c(I)cnc12. The minimum Gasteiger partial charge on any atom is -0.465 e. The van der Waals surface area contributed by atoms with Crippen LogP contribution < -0.4 is 0 Å². The number of hydrogen-bond acceptors (Lipinski definition) is 3. The Balaban J connectivity index is 2.78. The predicted octanol–water partition coefficient (Wildman–Crippen LogP) is 1.86. The number of ether oxygens (including phenoxy) is 1. The van der Waals surface area contributed by atoms with Gasteiger partial charge >= 0.3 is 5.97 Å². The number of hydrogen-bond donors (Lipinski definition) is 0. The Bertz CT molecular complexity index is 538. The Kier molecular flexibility index (Phi) is 2.59. The molecule has 0 amide bonds. The number of carbonyl (C=O) groups is 1. The van der Waals surface area contributed by atoms with Crippen molar-refractivity contribution in [3.63, 3.8) is 0 Å². The van der Waals surface area contributed by atoms with Gasteiger partial charge in [0, 0.05) is 6.20 Å². The van der Waals surface area contributed by atoms with Crippen molar-refractivity contribution in [1.29, 1.82) is 0 Å². The van der Waals surface area contributed by atoms with E-state index in [2.05, 4.69) is 9.72 Å². The van der Waals surface area contributed by atoms with Crippen molar-refractivity contribution < 1.29 is 13.9 Å². The monoisotopic (exact) mass is 320 g/mol. The second-order valence-electron chi connectivity index (χ2n) is 2.84. The highest BCUT2D eigenvalue weighted by Crippen LogP contribution is 2.16. The molecule has 2 rings (SSSR count). The molecule has 0 aliphatic carbocycles. The molecule has 0 N–H and O–H groups in total. The molecule has 4 nitrogen and oxygen atoms in total. The summed E-state index contributed by atoms with van der Waals surface area (Å²) in [5.74, 6) is -1.10. The molecule has 15 heavy (non-hydrogen) atoms. The number of nitrogens with zero attached hydrogens (tertiary/aromatic N) is 2. The molecule has 0 fully saturated rings. The highest BCUT2D eigenvalue weighted by Gasteiger charge is 2.15. The molecule has 2 heterocycles. The molecule has 0 aliphatic heterocycles. The van der Waals surface area contributed by atoms with Crippen molar-refractivity contribution in [1.82, 2.24) is 9.38 Å². The molecule has 0 radical (unpaired) electrons. The van der Waals surface area contributed by atoms with E-state index in [0.717, 1.165) is 9.77 Å². The van der Waals surface area contributed by atoms with Crippen molar-refractivity contribution >= 4 is 34.2 Å². The molecule has 0 spiro atoms. The van der Waals surface area contributed by atoms with Gasteiger partial charge in [-0.1, -0.05) is 0 Å². The van der Waals surface area contributed by atoms with Crippen LogP contribution in [0.3, 0.4) is 0 Å². The van der Waals surface area contributed by atoms with Crippen LogP contribution in [-0.2, 0) is 4.74 Å². The van der Waals surface area contributed by atoms with Gasteiger partial charge in [0.1, 0.15) is 15.1 Å². The van der Waals surface area contributed by atoms with E-state index < -0.39 is 11.8 Å². The van der Waals surface area contributed by atoms with Crippen LogP contribution in [0.4, 0.5) is 4.39 Å². The Morgan fingerprint density at radius 2 is 2.40 bits per heavy atom. The van der Waals surface area contributed by atoms with Crippen LogP contribution in [0.5, 0.6) is 0 Å². The lowest BCUT2D eigenvalue weighted by Gasteiger charge is -2.02. The van der Waals surface area contributed by atoms with Crippen molar-refractivity contribution in [2.45, 2.75) is 0 Å². The lowest BCUT2D eigenvalue weighted by atomic mass is 10.2. The number of methoxy groups -OCH3 is 1. The van der Waals surface area contributed by atoms with E-state index in [1.54, 1.807) is 6.20 Å². The molecule has 0 saturated carbocycles. The van der Waals surface area contributed by atoms with Crippen LogP contribution in [0.25, 0.3) is 5.65 Å². The number of esters is 1. The zero-order chi connectivity index (χ0) is 11.0. The molecule has 78 valence electrons. The molecular formula is C9H6FIN2O2. The van der Waals surface area contributed by atoms with Crippen molar-refractivity contribution in [2.75, 3.05) is 7.11 Å². The van der Waals surface area contributed by atoms with E-state index in [1.165, 1.54) is 17.7 Å². The molecule has 2 aromatic rings.